The van der Waals surface area contributed by atoms with Gasteiger partial charge in [0.05, 0.1) is 0 Å². The van der Waals surface area contributed by atoms with Gasteiger partial charge in [-0.1, -0.05) is 31.9 Å². The van der Waals surface area contributed by atoms with E-state index in [-0.39, 0.29) is 11.6 Å². The number of benzene rings is 1. The molecule has 0 amide bonds. The van der Waals surface area contributed by atoms with Crippen LogP contribution in [0.3, 0.4) is 0 Å². The van der Waals surface area contributed by atoms with Crippen molar-refractivity contribution in [1.82, 2.24) is 0 Å². The Morgan fingerprint density at radius 3 is 2.86 bits per heavy atom. The van der Waals surface area contributed by atoms with Gasteiger partial charge in [-0.05, 0) is 55.7 Å². The van der Waals surface area contributed by atoms with Crippen molar-refractivity contribution in [1.29, 1.82) is 0 Å². The van der Waals surface area contributed by atoms with Crippen LogP contribution >= 0.6 is 11.6 Å². The molecule has 0 radical (unpaired) electrons. The largest absolute Gasteiger partial charge is 0.487 e. The molecular weight excluding hydrogens is 282 g/mol. The number of fused-ring (bicyclic) bond motifs is 1. The van der Waals surface area contributed by atoms with Crippen molar-refractivity contribution in [3.05, 3.63) is 28.8 Å². The molecule has 1 fully saturated rings. The monoisotopic (exact) mass is 307 g/mol. The summed E-state index contributed by atoms with van der Waals surface area (Å²) in [5.74, 6) is 2.54. The fraction of sp³-hybridized carbons (Fsp3) is 0.667. The molecule has 1 saturated carbocycles. The number of rotatable bonds is 1. The zero-order chi connectivity index (χ0) is 15.0. The maximum absolute atomic E-state index is 6.46. The predicted molar refractivity (Wildman–Crippen MR) is 87.8 cm³/mol. The maximum Gasteiger partial charge on any atom is 0.125 e. The van der Waals surface area contributed by atoms with E-state index in [9.17, 15) is 0 Å². The molecule has 3 atom stereocenters. The first-order valence-corrected chi connectivity index (χ1v) is 8.61. The van der Waals surface area contributed by atoms with Crippen LogP contribution in [0.4, 0.5) is 0 Å². The fourth-order valence-corrected chi connectivity index (χ4v) is 4.25. The van der Waals surface area contributed by atoms with Gasteiger partial charge in [-0.15, -0.1) is 0 Å². The Labute approximate surface area is 133 Å². The summed E-state index contributed by atoms with van der Waals surface area (Å²) in [6.45, 7) is 4.68. The van der Waals surface area contributed by atoms with Crippen LogP contribution in [0.5, 0.6) is 5.75 Å². The molecule has 3 heteroatoms. The standard InChI is InChI=1S/C18H26ClNO/c1-12(2)13-4-3-8-18(9-7-13)11-16(20)15-10-14(19)5-6-17(15)21-18/h5-6,10,12-13,16H,3-4,7-9,11,20H2,1-2H3. The van der Waals surface area contributed by atoms with Crippen LogP contribution in [0.25, 0.3) is 0 Å². The van der Waals surface area contributed by atoms with Crippen LogP contribution in [0.1, 0.15) is 64.0 Å². The second-order valence-electron chi connectivity index (χ2n) is 7.21. The smallest absolute Gasteiger partial charge is 0.125 e. The summed E-state index contributed by atoms with van der Waals surface area (Å²) in [4.78, 5) is 0. The minimum absolute atomic E-state index is 0.0445. The highest BCUT2D eigenvalue weighted by Gasteiger charge is 2.41. The maximum atomic E-state index is 6.46. The Morgan fingerprint density at radius 1 is 1.29 bits per heavy atom. The molecule has 21 heavy (non-hydrogen) atoms. The van der Waals surface area contributed by atoms with E-state index < -0.39 is 0 Å². The predicted octanol–water partition coefficient (Wildman–Crippen LogP) is 5.10. The number of nitrogens with two attached hydrogens (primary N) is 1. The first kappa shape index (κ1) is 15.2. The van der Waals surface area contributed by atoms with Gasteiger partial charge in [-0.3, -0.25) is 0 Å². The number of halogens is 1. The molecule has 0 bridgehead atoms. The molecule has 3 rings (SSSR count). The van der Waals surface area contributed by atoms with E-state index >= 15 is 0 Å². The van der Waals surface area contributed by atoms with Crippen molar-refractivity contribution in [2.75, 3.05) is 0 Å². The molecule has 1 aromatic rings. The average Bonchev–Trinajstić information content (AvgIpc) is 2.63. The van der Waals surface area contributed by atoms with Crippen LogP contribution in [0, 0.1) is 11.8 Å². The second kappa shape index (κ2) is 5.81. The summed E-state index contributed by atoms with van der Waals surface area (Å²) in [5.41, 5.74) is 7.44. The minimum atomic E-state index is -0.0517. The van der Waals surface area contributed by atoms with E-state index in [4.69, 9.17) is 22.1 Å². The summed E-state index contributed by atoms with van der Waals surface area (Å²) < 4.78 is 6.46. The van der Waals surface area contributed by atoms with Crippen LogP contribution in [-0.2, 0) is 0 Å². The lowest BCUT2D eigenvalue weighted by atomic mass is 9.81. The third-order valence-electron chi connectivity index (χ3n) is 5.41. The molecule has 0 saturated heterocycles. The summed E-state index contributed by atoms with van der Waals surface area (Å²) in [6, 6.07) is 5.90. The average molecular weight is 308 g/mol. The van der Waals surface area contributed by atoms with Crippen LogP contribution in [0.15, 0.2) is 18.2 Å². The lowest BCUT2D eigenvalue weighted by molar-refractivity contribution is 0.0199. The van der Waals surface area contributed by atoms with E-state index in [1.54, 1.807) is 0 Å². The molecule has 1 aromatic carbocycles. The van der Waals surface area contributed by atoms with E-state index in [0.717, 1.165) is 47.4 Å². The van der Waals surface area contributed by atoms with E-state index in [1.165, 1.54) is 19.3 Å². The molecule has 3 unspecified atom stereocenters. The van der Waals surface area contributed by atoms with E-state index in [0.29, 0.717) is 0 Å². The van der Waals surface area contributed by atoms with Crippen molar-refractivity contribution >= 4 is 11.6 Å². The highest BCUT2D eigenvalue weighted by atomic mass is 35.5. The van der Waals surface area contributed by atoms with Crippen LogP contribution in [0.2, 0.25) is 5.02 Å². The molecule has 2 N–H and O–H groups in total. The molecule has 116 valence electrons. The van der Waals surface area contributed by atoms with Crippen molar-refractivity contribution in [2.24, 2.45) is 17.6 Å². The van der Waals surface area contributed by atoms with Gasteiger partial charge in [0.25, 0.3) is 0 Å². The zero-order valence-electron chi connectivity index (χ0n) is 13.1. The van der Waals surface area contributed by atoms with Gasteiger partial charge in [0.2, 0.25) is 0 Å². The Bertz CT molecular complexity index is 516. The summed E-state index contributed by atoms with van der Waals surface area (Å²) in [7, 11) is 0. The highest BCUT2D eigenvalue weighted by Crippen LogP contribution is 2.46. The summed E-state index contributed by atoms with van der Waals surface area (Å²) in [5, 5.41) is 0.740. The van der Waals surface area contributed by atoms with Crippen LogP contribution < -0.4 is 10.5 Å². The normalized spacial score (nSPS) is 32.6. The van der Waals surface area contributed by atoms with Gasteiger partial charge in [0.15, 0.2) is 0 Å². The van der Waals surface area contributed by atoms with Gasteiger partial charge in [0, 0.05) is 23.0 Å². The Kier molecular flexibility index (Phi) is 4.20. The van der Waals surface area contributed by atoms with Gasteiger partial charge < -0.3 is 10.5 Å². The number of hydrogen-bond acceptors (Lipinski definition) is 2. The molecule has 2 nitrogen and oxygen atoms in total. The molecule has 1 aliphatic carbocycles. The first-order chi connectivity index (χ1) is 9.99. The Morgan fingerprint density at radius 2 is 2.10 bits per heavy atom. The minimum Gasteiger partial charge on any atom is -0.487 e. The summed E-state index contributed by atoms with van der Waals surface area (Å²) >= 11 is 6.09. The van der Waals surface area contributed by atoms with Crippen LogP contribution in [-0.4, -0.2) is 5.60 Å². The molecule has 1 spiro atoms. The second-order valence-corrected chi connectivity index (χ2v) is 7.65. The van der Waals surface area contributed by atoms with Crippen molar-refractivity contribution < 1.29 is 4.74 Å². The third kappa shape index (κ3) is 3.07. The van der Waals surface area contributed by atoms with Crippen molar-refractivity contribution in [3.8, 4) is 5.75 Å². The lowest BCUT2D eigenvalue weighted by Crippen LogP contribution is -2.42. The van der Waals surface area contributed by atoms with E-state index in [1.807, 2.05) is 18.2 Å². The lowest BCUT2D eigenvalue weighted by Gasteiger charge is -2.41. The SMILES string of the molecule is CC(C)C1CCCC2(CC1)CC(N)c1cc(Cl)ccc1O2. The van der Waals surface area contributed by atoms with E-state index in [2.05, 4.69) is 13.8 Å². The topological polar surface area (TPSA) is 35.2 Å². The molecule has 0 aromatic heterocycles. The molecule has 2 aliphatic rings. The van der Waals surface area contributed by atoms with Gasteiger partial charge in [0.1, 0.15) is 11.4 Å². The molecule has 1 aliphatic heterocycles. The molecule has 1 heterocycles. The third-order valence-corrected chi connectivity index (χ3v) is 5.65. The number of ether oxygens (including phenoxy) is 1. The van der Waals surface area contributed by atoms with Crippen molar-refractivity contribution in [3.63, 3.8) is 0 Å². The summed E-state index contributed by atoms with van der Waals surface area (Å²) in [6.07, 6.45) is 7.01. The van der Waals surface area contributed by atoms with Gasteiger partial charge in [-0.25, -0.2) is 0 Å². The zero-order valence-corrected chi connectivity index (χ0v) is 13.8. The Hall–Kier alpha value is -0.730. The first-order valence-electron chi connectivity index (χ1n) is 8.23. The van der Waals surface area contributed by atoms with Crippen molar-refractivity contribution in [2.45, 2.75) is 64.0 Å². The Balaban J connectivity index is 1.82. The highest BCUT2D eigenvalue weighted by molar-refractivity contribution is 6.30. The fourth-order valence-electron chi connectivity index (χ4n) is 4.06. The van der Waals surface area contributed by atoms with Gasteiger partial charge >= 0.3 is 0 Å². The van der Waals surface area contributed by atoms with Gasteiger partial charge in [-0.2, -0.15) is 0 Å². The quantitative estimate of drug-likeness (QED) is 0.783. The number of hydrogen-bond donors (Lipinski definition) is 1. The molecular formula is C18H26ClNO.